The number of nitrogens with one attached hydrogen (secondary N) is 1. The molecule has 1 atom stereocenters. The van der Waals surface area contributed by atoms with Crippen molar-refractivity contribution in [2.24, 2.45) is 5.92 Å². The van der Waals surface area contributed by atoms with Crippen molar-refractivity contribution in [2.75, 3.05) is 13.1 Å². The Morgan fingerprint density at radius 3 is 2.39 bits per heavy atom. The Morgan fingerprint density at radius 1 is 1.39 bits per heavy atom. The minimum Gasteiger partial charge on any atom is -0.317 e. The fourth-order valence-corrected chi connectivity index (χ4v) is 1.70. The first-order valence-corrected chi connectivity index (χ1v) is 6.14. The molecule has 0 aromatic heterocycles. The summed E-state index contributed by atoms with van der Waals surface area (Å²) in [5.74, 6) is -0.233. The third-order valence-electron chi connectivity index (χ3n) is 2.77. The maximum atomic E-state index is 12.6. The molecule has 0 heterocycles. The van der Waals surface area contributed by atoms with E-state index in [-0.39, 0.29) is 5.92 Å². The van der Waals surface area contributed by atoms with Crippen molar-refractivity contribution in [1.82, 2.24) is 5.32 Å². The second kappa shape index (κ2) is 8.14. The first kappa shape index (κ1) is 17.0. The first-order chi connectivity index (χ1) is 8.36. The highest BCUT2D eigenvalue weighted by Gasteiger charge is 2.31. The van der Waals surface area contributed by atoms with Crippen molar-refractivity contribution >= 4 is 0 Å². The monoisotopic (exact) mass is 261 g/mol. The number of allylic oxidation sites excluding steroid dienone is 4. The Hall–Kier alpha value is -1.03. The average Bonchev–Trinajstić information content (AvgIpc) is 2.29. The Labute approximate surface area is 107 Å². The summed E-state index contributed by atoms with van der Waals surface area (Å²) in [4.78, 5) is 0. The molecule has 0 aliphatic heterocycles. The average molecular weight is 261 g/mol. The Kier molecular flexibility index (Phi) is 7.67. The highest BCUT2D eigenvalue weighted by molar-refractivity contribution is 5.26. The van der Waals surface area contributed by atoms with Crippen molar-refractivity contribution in [3.63, 3.8) is 0 Å². The molecule has 0 radical (unpaired) electrons. The zero-order valence-electron chi connectivity index (χ0n) is 11.3. The number of alkyl halides is 3. The lowest BCUT2D eigenvalue weighted by molar-refractivity contribution is -0.0885. The summed E-state index contributed by atoms with van der Waals surface area (Å²) in [6.07, 6.45) is 0.415. The molecule has 1 unspecified atom stereocenters. The zero-order valence-corrected chi connectivity index (χ0v) is 11.3. The maximum Gasteiger partial charge on any atom is 0.416 e. The van der Waals surface area contributed by atoms with Gasteiger partial charge < -0.3 is 5.32 Å². The van der Waals surface area contributed by atoms with E-state index in [4.69, 9.17) is 0 Å². The van der Waals surface area contributed by atoms with Gasteiger partial charge in [-0.1, -0.05) is 44.2 Å². The van der Waals surface area contributed by atoms with Gasteiger partial charge in [-0.25, -0.2) is 0 Å². The van der Waals surface area contributed by atoms with Gasteiger partial charge in [-0.15, -0.1) is 0 Å². The molecule has 0 rings (SSSR count). The topological polar surface area (TPSA) is 12.0 Å². The molecule has 0 saturated heterocycles. The number of rotatable bonds is 7. The summed E-state index contributed by atoms with van der Waals surface area (Å²) in [7, 11) is 0. The highest BCUT2D eigenvalue weighted by Crippen LogP contribution is 2.29. The van der Waals surface area contributed by atoms with Gasteiger partial charge in [0.1, 0.15) is 0 Å². The van der Waals surface area contributed by atoms with Gasteiger partial charge in [-0.3, -0.25) is 0 Å². The van der Waals surface area contributed by atoms with Crippen LogP contribution in [0.25, 0.3) is 0 Å². The number of hydrogen-bond acceptors (Lipinski definition) is 1. The standard InChI is InChI=1S/C14H22F3N/c1-5-12(8-9-18-7-3)11(4)10-13(6-2)14(15,16)17/h5-6,10-11,18H,2,7-9H2,1,3-4H3/b12-5-,13-10?. The predicted molar refractivity (Wildman–Crippen MR) is 70.4 cm³/mol. The summed E-state index contributed by atoms with van der Waals surface area (Å²) >= 11 is 0. The van der Waals surface area contributed by atoms with E-state index in [2.05, 4.69) is 11.9 Å². The minimum atomic E-state index is -4.32. The smallest absolute Gasteiger partial charge is 0.317 e. The van der Waals surface area contributed by atoms with Crippen LogP contribution in [0.15, 0.2) is 36.0 Å². The molecule has 0 spiro atoms. The Balaban J connectivity index is 4.74. The number of hydrogen-bond donors (Lipinski definition) is 1. The summed E-state index contributed by atoms with van der Waals surface area (Å²) < 4.78 is 37.8. The molecular formula is C14H22F3N. The van der Waals surface area contributed by atoms with Gasteiger partial charge >= 0.3 is 6.18 Å². The maximum absolute atomic E-state index is 12.6. The van der Waals surface area contributed by atoms with Crippen LogP contribution >= 0.6 is 0 Å². The molecule has 0 aliphatic rings. The zero-order chi connectivity index (χ0) is 14.2. The van der Waals surface area contributed by atoms with E-state index in [1.165, 1.54) is 6.08 Å². The number of halogens is 3. The third-order valence-corrected chi connectivity index (χ3v) is 2.77. The Morgan fingerprint density at radius 2 is 2.00 bits per heavy atom. The van der Waals surface area contributed by atoms with Crippen LogP contribution in [-0.2, 0) is 0 Å². The lowest BCUT2D eigenvalue weighted by atomic mass is 9.95. The van der Waals surface area contributed by atoms with Crippen molar-refractivity contribution in [3.8, 4) is 0 Å². The van der Waals surface area contributed by atoms with Crippen molar-refractivity contribution in [3.05, 3.63) is 36.0 Å². The van der Waals surface area contributed by atoms with Gasteiger partial charge in [0.2, 0.25) is 0 Å². The molecule has 0 saturated carbocycles. The summed E-state index contributed by atoms with van der Waals surface area (Å²) in [6.45, 7) is 10.5. The van der Waals surface area contributed by atoms with Crippen LogP contribution in [0.2, 0.25) is 0 Å². The van der Waals surface area contributed by atoms with Gasteiger partial charge in [0.25, 0.3) is 0 Å². The largest absolute Gasteiger partial charge is 0.416 e. The van der Waals surface area contributed by atoms with E-state index >= 15 is 0 Å². The van der Waals surface area contributed by atoms with Crippen LogP contribution in [0.3, 0.4) is 0 Å². The van der Waals surface area contributed by atoms with Crippen LogP contribution in [0.5, 0.6) is 0 Å². The molecule has 0 amide bonds. The Bertz CT molecular complexity index is 313. The lowest BCUT2D eigenvalue weighted by Crippen LogP contribution is -2.16. The summed E-state index contributed by atoms with van der Waals surface area (Å²) in [6, 6.07) is 0. The van der Waals surface area contributed by atoms with Gasteiger partial charge in [0.15, 0.2) is 0 Å². The molecule has 4 heteroatoms. The van der Waals surface area contributed by atoms with E-state index in [9.17, 15) is 13.2 Å². The molecule has 104 valence electrons. The fourth-order valence-electron chi connectivity index (χ4n) is 1.70. The first-order valence-electron chi connectivity index (χ1n) is 6.14. The van der Waals surface area contributed by atoms with Gasteiger partial charge in [0.05, 0.1) is 5.57 Å². The van der Waals surface area contributed by atoms with Crippen molar-refractivity contribution < 1.29 is 13.2 Å². The van der Waals surface area contributed by atoms with E-state index in [1.807, 2.05) is 19.9 Å². The van der Waals surface area contributed by atoms with Gasteiger partial charge in [-0.2, -0.15) is 13.2 Å². The molecule has 1 nitrogen and oxygen atoms in total. The molecule has 1 N–H and O–H groups in total. The second-order valence-corrected chi connectivity index (χ2v) is 4.08. The molecule has 18 heavy (non-hydrogen) atoms. The van der Waals surface area contributed by atoms with Crippen LogP contribution in [0.1, 0.15) is 27.2 Å². The van der Waals surface area contributed by atoms with E-state index < -0.39 is 11.7 Å². The van der Waals surface area contributed by atoms with Crippen molar-refractivity contribution in [1.29, 1.82) is 0 Å². The van der Waals surface area contributed by atoms with Crippen molar-refractivity contribution in [2.45, 2.75) is 33.4 Å². The molecule has 0 aromatic rings. The van der Waals surface area contributed by atoms with E-state index in [1.54, 1.807) is 6.92 Å². The van der Waals surface area contributed by atoms with Crippen LogP contribution < -0.4 is 5.32 Å². The molecule has 0 bridgehead atoms. The normalized spacial score (nSPS) is 15.7. The van der Waals surface area contributed by atoms with E-state index in [0.29, 0.717) is 0 Å². The second-order valence-electron chi connectivity index (χ2n) is 4.08. The third kappa shape index (κ3) is 6.05. The minimum absolute atomic E-state index is 0.233. The summed E-state index contributed by atoms with van der Waals surface area (Å²) in [5.41, 5.74) is 0.331. The molecule has 0 aromatic carbocycles. The molecule has 0 aliphatic carbocycles. The van der Waals surface area contributed by atoms with E-state index in [0.717, 1.165) is 31.2 Å². The summed E-state index contributed by atoms with van der Waals surface area (Å²) in [5, 5.41) is 3.16. The van der Waals surface area contributed by atoms with Crippen LogP contribution in [0, 0.1) is 5.92 Å². The quantitative estimate of drug-likeness (QED) is 0.410. The molecular weight excluding hydrogens is 239 g/mol. The van der Waals surface area contributed by atoms with Crippen LogP contribution in [-0.4, -0.2) is 19.3 Å². The van der Waals surface area contributed by atoms with Gasteiger partial charge in [-0.05, 0) is 32.4 Å². The lowest BCUT2D eigenvalue weighted by Gasteiger charge is -2.15. The molecule has 0 fully saturated rings. The highest BCUT2D eigenvalue weighted by atomic mass is 19.4. The fraction of sp³-hybridized carbons (Fsp3) is 0.571. The SMILES string of the molecule is C=CC(=CC(C)/C(=C\C)CCNCC)C(F)(F)F. The predicted octanol–water partition coefficient (Wildman–Crippen LogP) is 4.24. The van der Waals surface area contributed by atoms with Gasteiger partial charge in [0, 0.05) is 0 Å². The van der Waals surface area contributed by atoms with Crippen LogP contribution in [0.4, 0.5) is 13.2 Å².